The number of aryl methyl sites for hydroxylation is 1. The van der Waals surface area contributed by atoms with Crippen molar-refractivity contribution in [1.82, 2.24) is 0 Å². The van der Waals surface area contributed by atoms with Crippen molar-refractivity contribution >= 4 is 5.78 Å². The summed E-state index contributed by atoms with van der Waals surface area (Å²) in [7, 11) is 0. The molecule has 15 heavy (non-hydrogen) atoms. The van der Waals surface area contributed by atoms with Crippen molar-refractivity contribution in [3.05, 3.63) is 23.3 Å². The lowest BCUT2D eigenvalue weighted by molar-refractivity contribution is 0.0933. The van der Waals surface area contributed by atoms with Gasteiger partial charge in [0.1, 0.15) is 11.5 Å². The normalized spacial score (nSPS) is 18.5. The molecule has 0 amide bonds. The minimum atomic E-state index is 0.185. The second-order valence-electron chi connectivity index (χ2n) is 3.93. The van der Waals surface area contributed by atoms with Gasteiger partial charge < -0.3 is 9.47 Å². The highest BCUT2D eigenvalue weighted by Gasteiger charge is 2.22. The Bertz CT molecular complexity index is 423. The van der Waals surface area contributed by atoms with Crippen molar-refractivity contribution in [2.45, 2.75) is 19.3 Å². The van der Waals surface area contributed by atoms with E-state index in [0.29, 0.717) is 18.8 Å². The van der Waals surface area contributed by atoms with Gasteiger partial charge in [0.2, 0.25) is 0 Å². The predicted molar refractivity (Wildman–Crippen MR) is 54.7 cm³/mol. The number of hydrogen-bond acceptors (Lipinski definition) is 3. The summed E-state index contributed by atoms with van der Waals surface area (Å²) in [6, 6.07) is 3.80. The molecular formula is C12H12O3. The zero-order valence-corrected chi connectivity index (χ0v) is 8.41. The Morgan fingerprint density at radius 1 is 1.00 bits per heavy atom. The first kappa shape index (κ1) is 8.77. The van der Waals surface area contributed by atoms with Crippen LogP contribution in [0, 0.1) is 0 Å². The van der Waals surface area contributed by atoms with Gasteiger partial charge >= 0.3 is 0 Å². The summed E-state index contributed by atoms with van der Waals surface area (Å²) in [6.07, 6.45) is 2.52. The molecule has 2 aliphatic rings. The Labute approximate surface area is 88.0 Å². The molecule has 0 aromatic heterocycles. The molecule has 0 fully saturated rings. The van der Waals surface area contributed by atoms with Crippen molar-refractivity contribution < 1.29 is 14.3 Å². The minimum Gasteiger partial charge on any atom is -0.493 e. The summed E-state index contributed by atoms with van der Waals surface area (Å²) in [6.45, 7) is 1.25. The van der Waals surface area contributed by atoms with E-state index >= 15 is 0 Å². The molecule has 1 aromatic rings. The fraction of sp³-hybridized carbons (Fsp3) is 0.417. The molecule has 3 rings (SSSR count). The average molecular weight is 204 g/mol. The van der Waals surface area contributed by atoms with Crippen molar-refractivity contribution in [3.8, 4) is 11.5 Å². The van der Waals surface area contributed by atoms with E-state index in [9.17, 15) is 4.79 Å². The SMILES string of the molecule is O=C1CCOc2cc3c(cc21)CCCO3. The van der Waals surface area contributed by atoms with E-state index < -0.39 is 0 Å². The van der Waals surface area contributed by atoms with Crippen LogP contribution in [-0.2, 0) is 6.42 Å². The molecule has 0 aliphatic carbocycles. The van der Waals surface area contributed by atoms with Crippen LogP contribution in [0.2, 0.25) is 0 Å². The molecule has 78 valence electrons. The molecule has 0 saturated carbocycles. The molecule has 0 N–H and O–H groups in total. The molecule has 3 nitrogen and oxygen atoms in total. The lowest BCUT2D eigenvalue weighted by atomic mass is 9.98. The predicted octanol–water partition coefficient (Wildman–Crippen LogP) is 1.98. The standard InChI is InChI=1S/C12H12O3/c13-10-3-5-15-12-7-11-8(6-9(10)12)2-1-4-14-11/h6-7H,1-5H2. The Hall–Kier alpha value is -1.51. The zero-order valence-electron chi connectivity index (χ0n) is 8.41. The van der Waals surface area contributed by atoms with Crippen LogP contribution in [0.3, 0.4) is 0 Å². The molecule has 2 aliphatic heterocycles. The molecule has 0 radical (unpaired) electrons. The van der Waals surface area contributed by atoms with Crippen LogP contribution < -0.4 is 9.47 Å². The Morgan fingerprint density at radius 2 is 1.87 bits per heavy atom. The molecule has 0 spiro atoms. The van der Waals surface area contributed by atoms with E-state index in [4.69, 9.17) is 9.47 Å². The maximum Gasteiger partial charge on any atom is 0.170 e. The van der Waals surface area contributed by atoms with Gasteiger partial charge in [-0.2, -0.15) is 0 Å². The summed E-state index contributed by atoms with van der Waals surface area (Å²) in [5, 5.41) is 0. The third-order valence-corrected chi connectivity index (χ3v) is 2.90. The van der Waals surface area contributed by atoms with Gasteiger partial charge in [-0.15, -0.1) is 0 Å². The van der Waals surface area contributed by atoms with Crippen molar-refractivity contribution in [1.29, 1.82) is 0 Å². The van der Waals surface area contributed by atoms with E-state index in [1.807, 2.05) is 12.1 Å². The smallest absolute Gasteiger partial charge is 0.170 e. The quantitative estimate of drug-likeness (QED) is 0.648. The van der Waals surface area contributed by atoms with Gasteiger partial charge in [0.15, 0.2) is 5.78 Å². The van der Waals surface area contributed by atoms with Crippen LogP contribution >= 0.6 is 0 Å². The Morgan fingerprint density at radius 3 is 2.80 bits per heavy atom. The van der Waals surface area contributed by atoms with Gasteiger partial charge in [-0.1, -0.05) is 0 Å². The number of benzene rings is 1. The summed E-state index contributed by atoms with van der Waals surface area (Å²) >= 11 is 0. The van der Waals surface area contributed by atoms with Crippen molar-refractivity contribution in [2.24, 2.45) is 0 Å². The van der Waals surface area contributed by atoms with E-state index in [0.717, 1.165) is 36.3 Å². The monoisotopic (exact) mass is 204 g/mol. The minimum absolute atomic E-state index is 0.185. The number of rotatable bonds is 0. The fourth-order valence-corrected chi connectivity index (χ4v) is 2.11. The lowest BCUT2D eigenvalue weighted by Crippen LogP contribution is -2.17. The first-order valence-electron chi connectivity index (χ1n) is 5.30. The van der Waals surface area contributed by atoms with Gasteiger partial charge in [-0.3, -0.25) is 4.79 Å². The van der Waals surface area contributed by atoms with Gasteiger partial charge in [-0.05, 0) is 24.5 Å². The van der Waals surface area contributed by atoms with Gasteiger partial charge in [0, 0.05) is 12.5 Å². The molecule has 2 heterocycles. The summed E-state index contributed by atoms with van der Waals surface area (Å²) in [5.41, 5.74) is 1.87. The van der Waals surface area contributed by atoms with Crippen LogP contribution in [0.1, 0.15) is 28.8 Å². The van der Waals surface area contributed by atoms with Gasteiger partial charge in [0.05, 0.1) is 18.8 Å². The molecule has 0 unspecified atom stereocenters. The molecule has 1 aromatic carbocycles. The van der Waals surface area contributed by atoms with Crippen LogP contribution in [0.4, 0.5) is 0 Å². The van der Waals surface area contributed by atoms with Gasteiger partial charge in [-0.25, -0.2) is 0 Å². The largest absolute Gasteiger partial charge is 0.493 e. The second-order valence-corrected chi connectivity index (χ2v) is 3.93. The van der Waals surface area contributed by atoms with Gasteiger partial charge in [0.25, 0.3) is 0 Å². The molecule has 3 heteroatoms. The van der Waals surface area contributed by atoms with Crippen molar-refractivity contribution in [3.63, 3.8) is 0 Å². The van der Waals surface area contributed by atoms with E-state index in [1.54, 1.807) is 0 Å². The zero-order chi connectivity index (χ0) is 10.3. The summed E-state index contributed by atoms with van der Waals surface area (Å²) in [4.78, 5) is 11.7. The highest BCUT2D eigenvalue weighted by Crippen LogP contribution is 2.34. The number of ketones is 1. The first-order chi connectivity index (χ1) is 7.34. The second kappa shape index (κ2) is 3.26. The maximum absolute atomic E-state index is 11.7. The van der Waals surface area contributed by atoms with E-state index in [2.05, 4.69) is 0 Å². The van der Waals surface area contributed by atoms with Crippen LogP contribution in [-0.4, -0.2) is 19.0 Å². The lowest BCUT2D eigenvalue weighted by Gasteiger charge is -2.22. The number of carbonyl (C=O) groups excluding carboxylic acids is 1. The van der Waals surface area contributed by atoms with E-state index in [1.165, 1.54) is 0 Å². The van der Waals surface area contributed by atoms with Crippen LogP contribution in [0.5, 0.6) is 11.5 Å². The number of hydrogen-bond donors (Lipinski definition) is 0. The Balaban J connectivity index is 2.12. The number of fused-ring (bicyclic) bond motifs is 2. The third kappa shape index (κ3) is 1.39. The van der Waals surface area contributed by atoms with Crippen LogP contribution in [0.25, 0.3) is 0 Å². The molecular weight excluding hydrogens is 192 g/mol. The molecule has 0 saturated heterocycles. The third-order valence-electron chi connectivity index (χ3n) is 2.90. The van der Waals surface area contributed by atoms with Crippen LogP contribution in [0.15, 0.2) is 12.1 Å². The maximum atomic E-state index is 11.7. The molecule has 0 atom stereocenters. The highest BCUT2D eigenvalue weighted by atomic mass is 16.5. The topological polar surface area (TPSA) is 35.5 Å². The average Bonchev–Trinajstić information content (AvgIpc) is 2.27. The Kier molecular flexibility index (Phi) is 1.91. The number of carbonyl (C=O) groups is 1. The fourth-order valence-electron chi connectivity index (χ4n) is 2.11. The summed E-state index contributed by atoms with van der Waals surface area (Å²) in [5.74, 6) is 1.76. The first-order valence-corrected chi connectivity index (χ1v) is 5.30. The highest BCUT2D eigenvalue weighted by molar-refractivity contribution is 6.00. The number of Topliss-reactive ketones (excluding diaryl/α,β-unsaturated/α-hetero) is 1. The number of ether oxygens (including phenoxy) is 2. The van der Waals surface area contributed by atoms with Crippen molar-refractivity contribution in [2.75, 3.05) is 13.2 Å². The molecule has 0 bridgehead atoms. The summed E-state index contributed by atoms with van der Waals surface area (Å²) < 4.78 is 11.0. The van der Waals surface area contributed by atoms with E-state index in [-0.39, 0.29) is 5.78 Å².